The number of piperazine rings is 1. The van der Waals surface area contributed by atoms with Crippen LogP contribution in [0, 0.1) is 11.6 Å². The molecule has 7 heteroatoms. The van der Waals surface area contributed by atoms with Crippen LogP contribution in [0.5, 0.6) is 0 Å². The summed E-state index contributed by atoms with van der Waals surface area (Å²) in [5.41, 5.74) is 0.370. The van der Waals surface area contributed by atoms with Crippen LogP contribution in [-0.2, 0) is 9.53 Å². The zero-order valence-corrected chi connectivity index (χ0v) is 14.0. The number of esters is 1. The SMILES string of the molecule is COC(=O)CCN1CCN(CC(O)c2ccc(F)c(F)c2)C(C)C1. The minimum Gasteiger partial charge on any atom is -0.469 e. The smallest absolute Gasteiger partial charge is 0.306 e. The van der Waals surface area contributed by atoms with Crippen molar-refractivity contribution in [3.05, 3.63) is 35.4 Å². The first kappa shape index (κ1) is 18.8. The molecule has 2 atom stereocenters. The van der Waals surface area contributed by atoms with Gasteiger partial charge in [-0.1, -0.05) is 6.07 Å². The number of benzene rings is 1. The van der Waals surface area contributed by atoms with Gasteiger partial charge in [-0.25, -0.2) is 8.78 Å². The van der Waals surface area contributed by atoms with Crippen LogP contribution in [0.4, 0.5) is 8.78 Å². The van der Waals surface area contributed by atoms with E-state index >= 15 is 0 Å². The Hall–Kier alpha value is -1.57. The molecule has 1 aromatic rings. The van der Waals surface area contributed by atoms with Gasteiger partial charge in [-0.2, -0.15) is 0 Å². The van der Waals surface area contributed by atoms with Crippen LogP contribution in [-0.4, -0.2) is 66.8 Å². The summed E-state index contributed by atoms with van der Waals surface area (Å²) in [7, 11) is 1.38. The molecule has 1 fully saturated rings. The Kier molecular flexibility index (Phi) is 6.65. The second-order valence-corrected chi connectivity index (χ2v) is 6.16. The van der Waals surface area contributed by atoms with Crippen LogP contribution in [0.2, 0.25) is 0 Å². The number of carbonyl (C=O) groups excluding carboxylic acids is 1. The Labute approximate surface area is 140 Å². The van der Waals surface area contributed by atoms with E-state index in [0.29, 0.717) is 25.1 Å². The standard InChI is InChI=1S/C17H24F2N2O3/c1-12-10-20(6-5-17(23)24-2)7-8-21(12)11-16(22)13-3-4-14(18)15(19)9-13/h3-4,9,12,16,22H,5-8,10-11H2,1-2H3. The first-order valence-electron chi connectivity index (χ1n) is 8.07. The lowest BCUT2D eigenvalue weighted by Gasteiger charge is -2.40. The molecular formula is C17H24F2N2O3. The maximum atomic E-state index is 13.3. The molecule has 2 rings (SSSR count). The third kappa shape index (κ3) is 4.96. The number of halogens is 2. The Bertz CT molecular complexity index is 571. The molecule has 0 amide bonds. The Morgan fingerprint density at radius 3 is 2.75 bits per heavy atom. The molecule has 5 nitrogen and oxygen atoms in total. The van der Waals surface area contributed by atoms with Crippen LogP contribution in [0.25, 0.3) is 0 Å². The largest absolute Gasteiger partial charge is 0.469 e. The van der Waals surface area contributed by atoms with Crippen LogP contribution in [0.3, 0.4) is 0 Å². The van der Waals surface area contributed by atoms with E-state index in [9.17, 15) is 18.7 Å². The number of aliphatic hydroxyl groups excluding tert-OH is 1. The summed E-state index contributed by atoms with van der Waals surface area (Å²) < 4.78 is 30.9. The fourth-order valence-corrected chi connectivity index (χ4v) is 2.94. The van der Waals surface area contributed by atoms with E-state index in [1.54, 1.807) is 0 Å². The Morgan fingerprint density at radius 2 is 2.12 bits per heavy atom. The van der Waals surface area contributed by atoms with Crippen LogP contribution < -0.4 is 0 Å². The molecular weight excluding hydrogens is 318 g/mol. The first-order valence-corrected chi connectivity index (χ1v) is 8.07. The zero-order valence-electron chi connectivity index (χ0n) is 14.0. The van der Waals surface area contributed by atoms with Crippen molar-refractivity contribution in [3.8, 4) is 0 Å². The van der Waals surface area contributed by atoms with E-state index in [-0.39, 0.29) is 12.0 Å². The van der Waals surface area contributed by atoms with E-state index in [0.717, 1.165) is 31.8 Å². The van der Waals surface area contributed by atoms with Gasteiger partial charge in [0.05, 0.1) is 19.6 Å². The van der Waals surface area contributed by atoms with Crippen molar-refractivity contribution in [3.63, 3.8) is 0 Å². The first-order chi connectivity index (χ1) is 11.4. The quantitative estimate of drug-likeness (QED) is 0.796. The van der Waals surface area contributed by atoms with Crippen LogP contribution in [0.15, 0.2) is 18.2 Å². The van der Waals surface area contributed by atoms with Gasteiger partial charge < -0.3 is 9.84 Å². The van der Waals surface area contributed by atoms with Crippen LogP contribution in [0.1, 0.15) is 25.0 Å². The van der Waals surface area contributed by atoms with Gasteiger partial charge in [0.25, 0.3) is 0 Å². The van der Waals surface area contributed by atoms with Crippen LogP contribution >= 0.6 is 0 Å². The van der Waals surface area contributed by atoms with E-state index in [4.69, 9.17) is 0 Å². The van der Waals surface area contributed by atoms with Crippen molar-refractivity contribution in [1.82, 2.24) is 9.80 Å². The van der Waals surface area contributed by atoms with Crippen molar-refractivity contribution in [2.45, 2.75) is 25.5 Å². The Balaban J connectivity index is 1.85. The summed E-state index contributed by atoms with van der Waals surface area (Å²) in [5, 5.41) is 10.3. The number of β-amino-alcohol motifs (C(OH)–C–C–N with tert-alkyl or cyclic N) is 1. The number of rotatable bonds is 6. The Morgan fingerprint density at radius 1 is 1.38 bits per heavy atom. The average molecular weight is 342 g/mol. The number of hydrogen-bond acceptors (Lipinski definition) is 5. The van der Waals surface area contributed by atoms with Gasteiger partial charge in [0, 0.05) is 38.8 Å². The molecule has 2 unspecified atom stereocenters. The number of hydrogen-bond donors (Lipinski definition) is 1. The third-order valence-electron chi connectivity index (χ3n) is 4.44. The van der Waals surface area contributed by atoms with Gasteiger partial charge in [0.1, 0.15) is 0 Å². The predicted octanol–water partition coefficient (Wildman–Crippen LogP) is 1.57. The van der Waals surface area contributed by atoms with E-state index in [1.165, 1.54) is 13.2 Å². The highest BCUT2D eigenvalue weighted by molar-refractivity contribution is 5.69. The lowest BCUT2D eigenvalue weighted by atomic mass is 10.1. The van der Waals surface area contributed by atoms with Gasteiger partial charge in [-0.15, -0.1) is 0 Å². The highest BCUT2D eigenvalue weighted by atomic mass is 19.2. The normalized spacial score (nSPS) is 20.8. The molecule has 0 bridgehead atoms. The lowest BCUT2D eigenvalue weighted by molar-refractivity contribution is -0.141. The van der Waals surface area contributed by atoms with Crippen molar-refractivity contribution in [1.29, 1.82) is 0 Å². The third-order valence-corrected chi connectivity index (χ3v) is 4.44. The van der Waals surface area contributed by atoms with E-state index < -0.39 is 17.7 Å². The molecule has 0 aliphatic carbocycles. The maximum absolute atomic E-state index is 13.3. The molecule has 1 saturated heterocycles. The summed E-state index contributed by atoms with van der Waals surface area (Å²) in [6, 6.07) is 3.66. The molecule has 1 aromatic carbocycles. The maximum Gasteiger partial charge on any atom is 0.306 e. The summed E-state index contributed by atoms with van der Waals surface area (Å²) in [6.45, 7) is 5.35. The summed E-state index contributed by atoms with van der Waals surface area (Å²) >= 11 is 0. The van der Waals surface area contributed by atoms with Gasteiger partial charge in [0.2, 0.25) is 0 Å². The molecule has 0 aromatic heterocycles. The van der Waals surface area contributed by atoms with Gasteiger partial charge >= 0.3 is 5.97 Å². The second-order valence-electron chi connectivity index (χ2n) is 6.16. The average Bonchev–Trinajstić information content (AvgIpc) is 2.57. The van der Waals surface area contributed by atoms with E-state index in [2.05, 4.69) is 14.5 Å². The van der Waals surface area contributed by atoms with Gasteiger partial charge in [0.15, 0.2) is 11.6 Å². The number of carbonyl (C=O) groups is 1. The predicted molar refractivity (Wildman–Crippen MR) is 85.4 cm³/mol. The monoisotopic (exact) mass is 342 g/mol. The second kappa shape index (κ2) is 8.50. The lowest BCUT2D eigenvalue weighted by Crippen LogP contribution is -2.53. The summed E-state index contributed by atoms with van der Waals surface area (Å²) in [5.74, 6) is -2.09. The number of ether oxygens (including phenoxy) is 1. The fraction of sp³-hybridized carbons (Fsp3) is 0.588. The highest BCUT2D eigenvalue weighted by Crippen LogP contribution is 2.20. The molecule has 1 aliphatic heterocycles. The molecule has 1 heterocycles. The topological polar surface area (TPSA) is 53.0 Å². The van der Waals surface area contributed by atoms with Crippen molar-refractivity contribution >= 4 is 5.97 Å². The summed E-state index contributed by atoms with van der Waals surface area (Å²) in [4.78, 5) is 15.5. The van der Waals surface area contributed by atoms with Gasteiger partial charge in [-0.05, 0) is 24.6 Å². The molecule has 1 aliphatic rings. The van der Waals surface area contributed by atoms with Crippen molar-refractivity contribution in [2.24, 2.45) is 0 Å². The summed E-state index contributed by atoms with van der Waals surface area (Å²) in [6.07, 6.45) is -0.509. The van der Waals surface area contributed by atoms with Gasteiger partial charge in [-0.3, -0.25) is 14.6 Å². The number of methoxy groups -OCH3 is 1. The molecule has 134 valence electrons. The van der Waals surface area contributed by atoms with E-state index in [1.807, 2.05) is 6.92 Å². The molecule has 1 N–H and O–H groups in total. The fourth-order valence-electron chi connectivity index (χ4n) is 2.94. The van der Waals surface area contributed by atoms with Crippen molar-refractivity contribution < 1.29 is 23.4 Å². The molecule has 24 heavy (non-hydrogen) atoms. The minimum absolute atomic E-state index is 0.191. The minimum atomic E-state index is -0.952. The number of nitrogens with zero attached hydrogens (tertiary/aromatic N) is 2. The van der Waals surface area contributed by atoms with Crippen molar-refractivity contribution in [2.75, 3.05) is 39.8 Å². The zero-order chi connectivity index (χ0) is 17.7. The highest BCUT2D eigenvalue weighted by Gasteiger charge is 2.26. The number of aliphatic hydroxyl groups is 1. The molecule has 0 saturated carbocycles. The molecule has 0 radical (unpaired) electrons. The molecule has 0 spiro atoms.